The zero-order chi connectivity index (χ0) is 10.4. The minimum Gasteiger partial charge on any atom is -0.375 e. The number of rotatable bonds is 6. The van der Waals surface area contributed by atoms with Crippen molar-refractivity contribution >= 4 is 22.9 Å². The van der Waals surface area contributed by atoms with Gasteiger partial charge in [0.25, 0.3) is 0 Å². The fourth-order valence-electron chi connectivity index (χ4n) is 1.02. The SMILES string of the molecule is CC(C)NCCOCc1ccc(Cl)s1. The van der Waals surface area contributed by atoms with Crippen LogP contribution in [0, 0.1) is 0 Å². The summed E-state index contributed by atoms with van der Waals surface area (Å²) >= 11 is 7.36. The minimum absolute atomic E-state index is 0.523. The van der Waals surface area contributed by atoms with E-state index in [0.717, 1.165) is 17.5 Å². The van der Waals surface area contributed by atoms with Crippen molar-refractivity contribution in [3.05, 3.63) is 21.3 Å². The lowest BCUT2D eigenvalue weighted by molar-refractivity contribution is 0.123. The van der Waals surface area contributed by atoms with Crippen LogP contribution in [0.15, 0.2) is 12.1 Å². The van der Waals surface area contributed by atoms with E-state index in [9.17, 15) is 0 Å². The van der Waals surface area contributed by atoms with E-state index in [-0.39, 0.29) is 0 Å². The molecule has 1 heterocycles. The molecule has 14 heavy (non-hydrogen) atoms. The summed E-state index contributed by atoms with van der Waals surface area (Å²) in [6.07, 6.45) is 0. The van der Waals surface area contributed by atoms with Crippen LogP contribution in [0.1, 0.15) is 18.7 Å². The Morgan fingerprint density at radius 3 is 2.86 bits per heavy atom. The number of hydrogen-bond donors (Lipinski definition) is 1. The van der Waals surface area contributed by atoms with E-state index in [1.54, 1.807) is 11.3 Å². The molecule has 1 aromatic rings. The van der Waals surface area contributed by atoms with Crippen molar-refractivity contribution in [2.75, 3.05) is 13.2 Å². The predicted molar refractivity (Wildman–Crippen MR) is 62.1 cm³/mol. The summed E-state index contributed by atoms with van der Waals surface area (Å²) in [5.41, 5.74) is 0. The number of nitrogens with one attached hydrogen (secondary N) is 1. The second-order valence-electron chi connectivity index (χ2n) is 3.37. The van der Waals surface area contributed by atoms with E-state index < -0.39 is 0 Å². The Kier molecular flexibility index (Phi) is 5.48. The Hall–Kier alpha value is -0.0900. The largest absolute Gasteiger partial charge is 0.375 e. The molecular weight excluding hydrogens is 218 g/mol. The molecule has 0 amide bonds. The van der Waals surface area contributed by atoms with Crippen molar-refractivity contribution in [2.24, 2.45) is 0 Å². The predicted octanol–water partition coefficient (Wildman–Crippen LogP) is 2.92. The summed E-state index contributed by atoms with van der Waals surface area (Å²) in [4.78, 5) is 1.18. The fraction of sp³-hybridized carbons (Fsp3) is 0.600. The summed E-state index contributed by atoms with van der Waals surface area (Å²) in [5, 5.41) is 3.29. The van der Waals surface area contributed by atoms with Gasteiger partial charge in [0.05, 0.1) is 17.6 Å². The second kappa shape index (κ2) is 6.40. The molecule has 0 radical (unpaired) electrons. The van der Waals surface area contributed by atoms with Gasteiger partial charge >= 0.3 is 0 Å². The highest BCUT2D eigenvalue weighted by Crippen LogP contribution is 2.21. The number of halogens is 1. The van der Waals surface area contributed by atoms with Crippen LogP contribution in [0.4, 0.5) is 0 Å². The van der Waals surface area contributed by atoms with Gasteiger partial charge in [0.2, 0.25) is 0 Å². The molecule has 0 unspecified atom stereocenters. The highest BCUT2D eigenvalue weighted by molar-refractivity contribution is 7.16. The lowest BCUT2D eigenvalue weighted by Gasteiger charge is -2.07. The maximum Gasteiger partial charge on any atom is 0.0932 e. The summed E-state index contributed by atoms with van der Waals surface area (Å²) in [7, 11) is 0. The molecule has 80 valence electrons. The zero-order valence-corrected chi connectivity index (χ0v) is 10.1. The van der Waals surface area contributed by atoms with Gasteiger partial charge in [-0.1, -0.05) is 25.4 Å². The van der Waals surface area contributed by atoms with E-state index in [1.165, 1.54) is 4.88 Å². The van der Waals surface area contributed by atoms with Crippen LogP contribution in [0.2, 0.25) is 4.34 Å². The summed E-state index contributed by atoms with van der Waals surface area (Å²) in [6.45, 7) is 6.56. The average molecular weight is 234 g/mol. The molecule has 0 aromatic carbocycles. The average Bonchev–Trinajstić information content (AvgIpc) is 2.50. The topological polar surface area (TPSA) is 21.3 Å². The van der Waals surface area contributed by atoms with Gasteiger partial charge in [-0.3, -0.25) is 0 Å². The standard InChI is InChI=1S/C10H16ClNOS/c1-8(2)12-5-6-13-7-9-3-4-10(11)14-9/h3-4,8,12H,5-7H2,1-2H3. The molecule has 0 aliphatic heterocycles. The Morgan fingerprint density at radius 2 is 2.29 bits per heavy atom. The third-order valence-electron chi connectivity index (χ3n) is 1.67. The third-order valence-corrected chi connectivity index (χ3v) is 2.88. The molecule has 0 spiro atoms. The number of ether oxygens (including phenoxy) is 1. The van der Waals surface area contributed by atoms with E-state index in [0.29, 0.717) is 12.6 Å². The van der Waals surface area contributed by atoms with Crippen LogP contribution in [-0.4, -0.2) is 19.2 Å². The smallest absolute Gasteiger partial charge is 0.0932 e. The quantitative estimate of drug-likeness (QED) is 0.763. The monoisotopic (exact) mass is 233 g/mol. The summed E-state index contributed by atoms with van der Waals surface area (Å²) < 4.78 is 6.30. The van der Waals surface area contributed by atoms with Crippen molar-refractivity contribution in [3.63, 3.8) is 0 Å². The number of thiophene rings is 1. The maximum atomic E-state index is 5.79. The molecule has 0 bridgehead atoms. The molecule has 0 atom stereocenters. The first-order chi connectivity index (χ1) is 6.68. The molecule has 0 saturated carbocycles. The van der Waals surface area contributed by atoms with Crippen LogP contribution in [0.5, 0.6) is 0 Å². The first kappa shape index (κ1) is 12.0. The summed E-state index contributed by atoms with van der Waals surface area (Å²) in [5.74, 6) is 0. The van der Waals surface area contributed by atoms with Crippen LogP contribution in [-0.2, 0) is 11.3 Å². The van der Waals surface area contributed by atoms with Crippen molar-refractivity contribution < 1.29 is 4.74 Å². The van der Waals surface area contributed by atoms with Crippen molar-refractivity contribution in [3.8, 4) is 0 Å². The van der Waals surface area contributed by atoms with Crippen LogP contribution >= 0.6 is 22.9 Å². The Bertz CT molecular complexity index is 262. The highest BCUT2D eigenvalue weighted by atomic mass is 35.5. The second-order valence-corrected chi connectivity index (χ2v) is 5.17. The van der Waals surface area contributed by atoms with Crippen molar-refractivity contribution in [2.45, 2.75) is 26.5 Å². The van der Waals surface area contributed by atoms with E-state index >= 15 is 0 Å². The molecule has 0 aliphatic rings. The van der Waals surface area contributed by atoms with Gasteiger partial charge in [0, 0.05) is 17.5 Å². The van der Waals surface area contributed by atoms with Crippen molar-refractivity contribution in [1.82, 2.24) is 5.32 Å². The van der Waals surface area contributed by atoms with Gasteiger partial charge in [0.15, 0.2) is 0 Å². The normalized spacial score (nSPS) is 11.1. The zero-order valence-electron chi connectivity index (χ0n) is 8.55. The Labute approximate surface area is 94.2 Å². The molecular formula is C10H16ClNOS. The molecule has 2 nitrogen and oxygen atoms in total. The van der Waals surface area contributed by atoms with Gasteiger partial charge < -0.3 is 10.1 Å². The highest BCUT2D eigenvalue weighted by Gasteiger charge is 1.97. The Morgan fingerprint density at radius 1 is 1.50 bits per heavy atom. The van der Waals surface area contributed by atoms with Crippen molar-refractivity contribution in [1.29, 1.82) is 0 Å². The first-order valence-electron chi connectivity index (χ1n) is 4.74. The lowest BCUT2D eigenvalue weighted by Crippen LogP contribution is -2.26. The Balaban J connectivity index is 2.04. The van der Waals surface area contributed by atoms with Crippen LogP contribution < -0.4 is 5.32 Å². The van der Waals surface area contributed by atoms with Gasteiger partial charge in [-0.25, -0.2) is 0 Å². The molecule has 1 aromatic heterocycles. The lowest BCUT2D eigenvalue weighted by atomic mass is 10.4. The van der Waals surface area contributed by atoms with E-state index in [2.05, 4.69) is 19.2 Å². The maximum absolute atomic E-state index is 5.79. The van der Waals surface area contributed by atoms with Crippen LogP contribution in [0.3, 0.4) is 0 Å². The van der Waals surface area contributed by atoms with Gasteiger partial charge in [-0.15, -0.1) is 11.3 Å². The minimum atomic E-state index is 0.523. The fourth-order valence-corrected chi connectivity index (χ4v) is 2.05. The van der Waals surface area contributed by atoms with E-state index in [1.807, 2.05) is 12.1 Å². The molecule has 0 fully saturated rings. The van der Waals surface area contributed by atoms with E-state index in [4.69, 9.17) is 16.3 Å². The molecule has 0 saturated heterocycles. The third kappa shape index (κ3) is 4.96. The van der Waals surface area contributed by atoms with Crippen LogP contribution in [0.25, 0.3) is 0 Å². The summed E-state index contributed by atoms with van der Waals surface area (Å²) in [6, 6.07) is 4.43. The van der Waals surface area contributed by atoms with Gasteiger partial charge in [-0.2, -0.15) is 0 Å². The number of hydrogen-bond acceptors (Lipinski definition) is 3. The molecule has 1 N–H and O–H groups in total. The molecule has 1 rings (SSSR count). The molecule has 0 aliphatic carbocycles. The van der Waals surface area contributed by atoms with Gasteiger partial charge in [-0.05, 0) is 12.1 Å². The first-order valence-corrected chi connectivity index (χ1v) is 5.93. The molecule has 4 heteroatoms. The van der Waals surface area contributed by atoms with Gasteiger partial charge in [0.1, 0.15) is 0 Å².